The summed E-state index contributed by atoms with van der Waals surface area (Å²) in [5.74, 6) is 1.02. The lowest BCUT2D eigenvalue weighted by Gasteiger charge is -2.15. The summed E-state index contributed by atoms with van der Waals surface area (Å²) in [7, 11) is 0. The highest BCUT2D eigenvalue weighted by atomic mass is 15.2. The molecule has 20 heavy (non-hydrogen) atoms. The smallest absolute Gasteiger partial charge is 0.203 e. The fourth-order valence-electron chi connectivity index (χ4n) is 3.04. The van der Waals surface area contributed by atoms with E-state index in [1.54, 1.807) is 0 Å². The zero-order chi connectivity index (χ0) is 13.9. The standard InChI is InChI=1S/C17H23N3/c1-13-6-5-7-15(10-13)12-20-11-14(2)18-17(20)19-16-8-3-4-9-16/h5-7,10-11,16H,3-4,8-9,12H2,1-2H3,(H,18,19). The number of benzene rings is 1. The van der Waals surface area contributed by atoms with E-state index in [0.29, 0.717) is 6.04 Å². The van der Waals surface area contributed by atoms with Crippen molar-refractivity contribution >= 4 is 5.95 Å². The quantitative estimate of drug-likeness (QED) is 0.912. The van der Waals surface area contributed by atoms with E-state index in [2.05, 4.69) is 59.2 Å². The van der Waals surface area contributed by atoms with Crippen LogP contribution in [0.3, 0.4) is 0 Å². The van der Waals surface area contributed by atoms with Gasteiger partial charge in [-0.05, 0) is 32.3 Å². The molecule has 1 saturated carbocycles. The predicted octanol–water partition coefficient (Wildman–Crippen LogP) is 3.90. The average Bonchev–Trinajstić information content (AvgIpc) is 3.01. The van der Waals surface area contributed by atoms with Gasteiger partial charge in [0.05, 0.1) is 12.2 Å². The molecule has 0 unspecified atom stereocenters. The van der Waals surface area contributed by atoms with Crippen LogP contribution in [-0.4, -0.2) is 15.6 Å². The molecular weight excluding hydrogens is 246 g/mol. The lowest BCUT2D eigenvalue weighted by atomic mass is 10.1. The highest BCUT2D eigenvalue weighted by Gasteiger charge is 2.17. The first-order chi connectivity index (χ1) is 9.70. The highest BCUT2D eigenvalue weighted by Crippen LogP contribution is 2.22. The Kier molecular flexibility index (Phi) is 3.77. The Hall–Kier alpha value is -1.77. The Morgan fingerprint density at radius 1 is 1.25 bits per heavy atom. The van der Waals surface area contributed by atoms with E-state index >= 15 is 0 Å². The molecule has 0 bridgehead atoms. The molecule has 0 spiro atoms. The van der Waals surface area contributed by atoms with Crippen molar-refractivity contribution < 1.29 is 0 Å². The molecule has 3 heteroatoms. The topological polar surface area (TPSA) is 29.9 Å². The molecule has 1 aromatic carbocycles. The van der Waals surface area contributed by atoms with Crippen LogP contribution in [0.15, 0.2) is 30.5 Å². The van der Waals surface area contributed by atoms with E-state index in [4.69, 9.17) is 0 Å². The Morgan fingerprint density at radius 3 is 2.80 bits per heavy atom. The van der Waals surface area contributed by atoms with Crippen LogP contribution >= 0.6 is 0 Å². The van der Waals surface area contributed by atoms with Gasteiger partial charge in [-0.25, -0.2) is 4.98 Å². The van der Waals surface area contributed by atoms with Gasteiger partial charge in [-0.3, -0.25) is 0 Å². The molecule has 1 aromatic heterocycles. The molecule has 0 aliphatic heterocycles. The maximum Gasteiger partial charge on any atom is 0.203 e. The van der Waals surface area contributed by atoms with E-state index in [-0.39, 0.29) is 0 Å². The van der Waals surface area contributed by atoms with E-state index in [1.165, 1.54) is 36.8 Å². The second-order valence-electron chi connectivity index (χ2n) is 5.95. The molecular formula is C17H23N3. The maximum atomic E-state index is 4.64. The summed E-state index contributed by atoms with van der Waals surface area (Å²) >= 11 is 0. The Bertz CT molecular complexity index is 580. The first kappa shape index (κ1) is 13.2. The van der Waals surface area contributed by atoms with E-state index in [9.17, 15) is 0 Å². The molecule has 1 fully saturated rings. The van der Waals surface area contributed by atoms with E-state index in [0.717, 1.165) is 18.2 Å². The summed E-state index contributed by atoms with van der Waals surface area (Å²) in [4.78, 5) is 4.64. The number of aromatic nitrogens is 2. The minimum Gasteiger partial charge on any atom is -0.353 e. The first-order valence-corrected chi connectivity index (χ1v) is 7.56. The molecule has 106 valence electrons. The molecule has 3 nitrogen and oxygen atoms in total. The van der Waals surface area contributed by atoms with Crippen molar-refractivity contribution in [2.45, 2.75) is 52.1 Å². The third kappa shape index (κ3) is 3.03. The second kappa shape index (κ2) is 5.70. The molecule has 0 amide bonds. The summed E-state index contributed by atoms with van der Waals surface area (Å²) in [5.41, 5.74) is 3.72. The number of imidazole rings is 1. The molecule has 0 radical (unpaired) electrons. The average molecular weight is 269 g/mol. The zero-order valence-corrected chi connectivity index (χ0v) is 12.4. The van der Waals surface area contributed by atoms with Gasteiger partial charge in [0.2, 0.25) is 5.95 Å². The SMILES string of the molecule is Cc1cccc(Cn2cc(C)nc2NC2CCCC2)c1. The van der Waals surface area contributed by atoms with E-state index < -0.39 is 0 Å². The van der Waals surface area contributed by atoms with Gasteiger partial charge in [0.25, 0.3) is 0 Å². The Balaban J connectivity index is 1.78. The number of hydrogen-bond donors (Lipinski definition) is 1. The molecule has 1 aliphatic rings. The summed E-state index contributed by atoms with van der Waals surface area (Å²) in [6.07, 6.45) is 7.37. The highest BCUT2D eigenvalue weighted by molar-refractivity contribution is 5.33. The van der Waals surface area contributed by atoms with Crippen LogP contribution in [0.2, 0.25) is 0 Å². The number of aryl methyl sites for hydroxylation is 2. The molecule has 2 aromatic rings. The van der Waals surface area contributed by atoms with Crippen LogP contribution in [0, 0.1) is 13.8 Å². The predicted molar refractivity (Wildman–Crippen MR) is 83.1 cm³/mol. The summed E-state index contributed by atoms with van der Waals surface area (Å²) < 4.78 is 2.24. The molecule has 0 saturated heterocycles. The van der Waals surface area contributed by atoms with Crippen LogP contribution in [-0.2, 0) is 6.54 Å². The minimum atomic E-state index is 0.605. The second-order valence-corrected chi connectivity index (χ2v) is 5.95. The van der Waals surface area contributed by atoms with Crippen molar-refractivity contribution in [2.24, 2.45) is 0 Å². The Morgan fingerprint density at radius 2 is 2.05 bits per heavy atom. The van der Waals surface area contributed by atoms with Crippen LogP contribution < -0.4 is 5.32 Å². The monoisotopic (exact) mass is 269 g/mol. The largest absolute Gasteiger partial charge is 0.353 e. The van der Waals surface area contributed by atoms with Crippen molar-refractivity contribution in [1.29, 1.82) is 0 Å². The number of anilines is 1. The van der Waals surface area contributed by atoms with Crippen LogP contribution in [0.5, 0.6) is 0 Å². The number of nitrogens with one attached hydrogen (secondary N) is 1. The van der Waals surface area contributed by atoms with E-state index in [1.807, 2.05) is 0 Å². The van der Waals surface area contributed by atoms with Crippen molar-refractivity contribution in [3.63, 3.8) is 0 Å². The van der Waals surface area contributed by atoms with Crippen molar-refractivity contribution in [3.05, 3.63) is 47.3 Å². The van der Waals surface area contributed by atoms with Gasteiger partial charge in [0.1, 0.15) is 0 Å². The number of hydrogen-bond acceptors (Lipinski definition) is 2. The van der Waals surface area contributed by atoms with Gasteiger partial charge in [0, 0.05) is 12.2 Å². The van der Waals surface area contributed by atoms with Gasteiger partial charge >= 0.3 is 0 Å². The maximum absolute atomic E-state index is 4.64. The van der Waals surface area contributed by atoms with Gasteiger partial charge in [-0.1, -0.05) is 42.7 Å². The molecule has 0 atom stereocenters. The third-order valence-corrected chi connectivity index (χ3v) is 4.02. The van der Waals surface area contributed by atoms with Crippen molar-refractivity contribution in [1.82, 2.24) is 9.55 Å². The third-order valence-electron chi connectivity index (χ3n) is 4.02. The molecule has 1 N–H and O–H groups in total. The number of nitrogens with zero attached hydrogens (tertiary/aromatic N) is 2. The van der Waals surface area contributed by atoms with Crippen LogP contribution in [0.1, 0.15) is 42.5 Å². The van der Waals surface area contributed by atoms with Gasteiger partial charge in [0.15, 0.2) is 0 Å². The van der Waals surface area contributed by atoms with Gasteiger partial charge in [-0.15, -0.1) is 0 Å². The van der Waals surface area contributed by atoms with Gasteiger partial charge in [-0.2, -0.15) is 0 Å². The summed E-state index contributed by atoms with van der Waals surface area (Å²) in [6.45, 7) is 5.09. The summed E-state index contributed by atoms with van der Waals surface area (Å²) in [5, 5.41) is 3.62. The van der Waals surface area contributed by atoms with Gasteiger partial charge < -0.3 is 9.88 Å². The van der Waals surface area contributed by atoms with Crippen molar-refractivity contribution in [3.8, 4) is 0 Å². The minimum absolute atomic E-state index is 0.605. The fraction of sp³-hybridized carbons (Fsp3) is 0.471. The number of rotatable bonds is 4. The van der Waals surface area contributed by atoms with Crippen LogP contribution in [0.25, 0.3) is 0 Å². The molecule has 3 rings (SSSR count). The van der Waals surface area contributed by atoms with Crippen molar-refractivity contribution in [2.75, 3.05) is 5.32 Å². The van der Waals surface area contributed by atoms with Crippen LogP contribution in [0.4, 0.5) is 5.95 Å². The normalized spacial score (nSPS) is 15.7. The lowest BCUT2D eigenvalue weighted by molar-refractivity contribution is 0.716. The fourth-order valence-corrected chi connectivity index (χ4v) is 3.04. The Labute approximate surface area is 121 Å². The lowest BCUT2D eigenvalue weighted by Crippen LogP contribution is -2.18. The molecule has 1 heterocycles. The zero-order valence-electron chi connectivity index (χ0n) is 12.4. The molecule has 1 aliphatic carbocycles. The first-order valence-electron chi connectivity index (χ1n) is 7.56. The summed E-state index contributed by atoms with van der Waals surface area (Å²) in [6, 6.07) is 9.29.